The average Bonchev–Trinajstić information content (AvgIpc) is 2.45. The summed E-state index contributed by atoms with van der Waals surface area (Å²) < 4.78 is 11.4. The maximum atomic E-state index is 9.05. The maximum absolute atomic E-state index is 9.05. The average molecular weight is 295 g/mol. The quantitative estimate of drug-likeness (QED) is 0.856. The highest BCUT2D eigenvalue weighted by atomic mass is 35.5. The SMILES string of the molecule is CC(C)N1CCOC(COc2cc(Cl)ccc2C#N)C1. The number of morpholine rings is 1. The van der Waals surface area contributed by atoms with Crippen molar-refractivity contribution in [1.82, 2.24) is 4.90 Å². The lowest BCUT2D eigenvalue weighted by Crippen LogP contribution is -2.47. The Hall–Kier alpha value is -1.28. The van der Waals surface area contributed by atoms with Gasteiger partial charge in [-0.2, -0.15) is 5.26 Å². The van der Waals surface area contributed by atoms with Crippen molar-refractivity contribution in [2.45, 2.75) is 26.0 Å². The summed E-state index contributed by atoms with van der Waals surface area (Å²) in [5, 5.41) is 9.61. The van der Waals surface area contributed by atoms with Crippen LogP contribution in [0.25, 0.3) is 0 Å². The Morgan fingerprint density at radius 2 is 2.35 bits per heavy atom. The number of halogens is 1. The zero-order valence-corrected chi connectivity index (χ0v) is 12.6. The van der Waals surface area contributed by atoms with Crippen LogP contribution >= 0.6 is 11.6 Å². The number of ether oxygens (including phenoxy) is 2. The maximum Gasteiger partial charge on any atom is 0.138 e. The molecule has 0 spiro atoms. The van der Waals surface area contributed by atoms with Gasteiger partial charge in [-0.1, -0.05) is 11.6 Å². The van der Waals surface area contributed by atoms with Gasteiger partial charge in [0.15, 0.2) is 0 Å². The minimum Gasteiger partial charge on any atom is -0.489 e. The second-order valence-electron chi connectivity index (χ2n) is 5.14. The largest absolute Gasteiger partial charge is 0.489 e. The van der Waals surface area contributed by atoms with E-state index in [9.17, 15) is 0 Å². The van der Waals surface area contributed by atoms with Gasteiger partial charge in [0.25, 0.3) is 0 Å². The molecule has 4 nitrogen and oxygen atoms in total. The van der Waals surface area contributed by atoms with Gasteiger partial charge in [-0.05, 0) is 26.0 Å². The first-order chi connectivity index (χ1) is 9.60. The summed E-state index contributed by atoms with van der Waals surface area (Å²) in [6.07, 6.45) is 0.0247. The molecule has 1 aromatic rings. The van der Waals surface area contributed by atoms with Gasteiger partial charge < -0.3 is 9.47 Å². The molecule has 0 radical (unpaired) electrons. The van der Waals surface area contributed by atoms with Crippen molar-refractivity contribution in [2.24, 2.45) is 0 Å². The Morgan fingerprint density at radius 1 is 1.55 bits per heavy atom. The first-order valence-corrected chi connectivity index (χ1v) is 7.16. The zero-order valence-electron chi connectivity index (χ0n) is 11.8. The van der Waals surface area contributed by atoms with Crippen LogP contribution in [0.3, 0.4) is 0 Å². The molecule has 0 amide bonds. The fourth-order valence-electron chi connectivity index (χ4n) is 2.20. The Balaban J connectivity index is 1.95. The van der Waals surface area contributed by atoms with Crippen LogP contribution in [-0.2, 0) is 4.74 Å². The first-order valence-electron chi connectivity index (χ1n) is 6.78. The second kappa shape index (κ2) is 6.94. The van der Waals surface area contributed by atoms with Crippen molar-refractivity contribution < 1.29 is 9.47 Å². The highest BCUT2D eigenvalue weighted by Gasteiger charge is 2.23. The Kier molecular flexibility index (Phi) is 5.24. The topological polar surface area (TPSA) is 45.5 Å². The van der Waals surface area contributed by atoms with Crippen LogP contribution in [0.4, 0.5) is 0 Å². The number of hydrogen-bond acceptors (Lipinski definition) is 4. The summed E-state index contributed by atoms with van der Waals surface area (Å²) in [6, 6.07) is 7.63. The third kappa shape index (κ3) is 3.86. The summed E-state index contributed by atoms with van der Waals surface area (Å²) in [4.78, 5) is 2.36. The van der Waals surface area contributed by atoms with Gasteiger partial charge >= 0.3 is 0 Å². The summed E-state index contributed by atoms with van der Waals surface area (Å²) in [5.41, 5.74) is 0.492. The third-order valence-electron chi connectivity index (χ3n) is 3.39. The van der Waals surface area contributed by atoms with Crippen LogP contribution in [0.1, 0.15) is 19.4 Å². The van der Waals surface area contributed by atoms with E-state index >= 15 is 0 Å². The summed E-state index contributed by atoms with van der Waals surface area (Å²) in [7, 11) is 0. The van der Waals surface area contributed by atoms with Crippen LogP contribution in [0, 0.1) is 11.3 Å². The molecular weight excluding hydrogens is 276 g/mol. The predicted octanol–water partition coefficient (Wildman–Crippen LogP) is 2.70. The van der Waals surface area contributed by atoms with Crippen molar-refractivity contribution in [3.63, 3.8) is 0 Å². The molecule has 1 aliphatic rings. The van der Waals surface area contributed by atoms with Gasteiger partial charge in [0.05, 0.1) is 12.2 Å². The number of benzene rings is 1. The van der Waals surface area contributed by atoms with Crippen LogP contribution < -0.4 is 4.74 Å². The fourth-order valence-corrected chi connectivity index (χ4v) is 2.36. The summed E-state index contributed by atoms with van der Waals surface area (Å²) >= 11 is 5.93. The second-order valence-corrected chi connectivity index (χ2v) is 5.58. The van der Waals surface area contributed by atoms with Gasteiger partial charge in [0, 0.05) is 30.2 Å². The minimum absolute atomic E-state index is 0.0247. The van der Waals surface area contributed by atoms with E-state index in [-0.39, 0.29) is 6.10 Å². The van der Waals surface area contributed by atoms with Gasteiger partial charge in [-0.3, -0.25) is 4.90 Å². The van der Waals surface area contributed by atoms with Crippen molar-refractivity contribution >= 4 is 11.6 Å². The molecular formula is C15H19ClN2O2. The van der Waals surface area contributed by atoms with E-state index in [0.717, 1.165) is 13.1 Å². The van der Waals surface area contributed by atoms with E-state index in [4.69, 9.17) is 26.3 Å². The number of nitrogens with zero attached hydrogens (tertiary/aromatic N) is 2. The Bertz CT molecular complexity index is 499. The molecule has 2 rings (SSSR count). The van der Waals surface area contributed by atoms with Crippen LogP contribution in [0.2, 0.25) is 5.02 Å². The molecule has 1 unspecified atom stereocenters. The molecule has 1 aliphatic heterocycles. The minimum atomic E-state index is 0.0247. The molecule has 1 heterocycles. The fraction of sp³-hybridized carbons (Fsp3) is 0.533. The van der Waals surface area contributed by atoms with Crippen LogP contribution in [0.15, 0.2) is 18.2 Å². The lowest BCUT2D eigenvalue weighted by Gasteiger charge is -2.35. The normalized spacial score (nSPS) is 19.9. The van der Waals surface area contributed by atoms with Crippen LogP contribution in [0.5, 0.6) is 5.75 Å². The highest BCUT2D eigenvalue weighted by Crippen LogP contribution is 2.23. The third-order valence-corrected chi connectivity index (χ3v) is 3.62. The molecule has 1 aromatic carbocycles. The van der Waals surface area contributed by atoms with Crippen molar-refractivity contribution in [3.05, 3.63) is 28.8 Å². The molecule has 1 saturated heterocycles. The first kappa shape index (κ1) is 15.1. The highest BCUT2D eigenvalue weighted by molar-refractivity contribution is 6.30. The van der Waals surface area contributed by atoms with E-state index < -0.39 is 0 Å². The monoisotopic (exact) mass is 294 g/mol. The van der Waals surface area contributed by atoms with E-state index in [1.54, 1.807) is 18.2 Å². The summed E-state index contributed by atoms with van der Waals surface area (Å²) in [5.74, 6) is 0.519. The number of hydrogen-bond donors (Lipinski definition) is 0. The van der Waals surface area contributed by atoms with Gasteiger partial charge in [-0.25, -0.2) is 0 Å². The van der Waals surface area contributed by atoms with Crippen LogP contribution in [-0.4, -0.2) is 43.3 Å². The molecule has 0 aliphatic carbocycles. The molecule has 1 atom stereocenters. The molecule has 0 aromatic heterocycles. The Morgan fingerprint density at radius 3 is 3.05 bits per heavy atom. The standard InChI is InChI=1S/C15H19ClN2O2/c1-11(2)18-5-6-19-14(9-18)10-20-15-7-13(16)4-3-12(15)8-17/h3-4,7,11,14H,5-6,9-10H2,1-2H3. The van der Waals surface area contributed by atoms with Gasteiger partial charge in [0.1, 0.15) is 24.5 Å². The van der Waals surface area contributed by atoms with Crippen molar-refractivity contribution in [3.8, 4) is 11.8 Å². The van der Waals surface area contributed by atoms with Gasteiger partial charge in [-0.15, -0.1) is 0 Å². The summed E-state index contributed by atoms with van der Waals surface area (Å²) in [6.45, 7) is 7.29. The van der Waals surface area contributed by atoms with E-state index in [2.05, 4.69) is 24.8 Å². The lowest BCUT2D eigenvalue weighted by molar-refractivity contribution is -0.0564. The molecule has 0 N–H and O–H groups in total. The molecule has 0 bridgehead atoms. The van der Waals surface area contributed by atoms with E-state index in [1.807, 2.05) is 0 Å². The molecule has 5 heteroatoms. The predicted molar refractivity (Wildman–Crippen MR) is 78.1 cm³/mol. The smallest absolute Gasteiger partial charge is 0.138 e. The van der Waals surface area contributed by atoms with E-state index in [0.29, 0.717) is 35.6 Å². The zero-order chi connectivity index (χ0) is 14.5. The molecule has 108 valence electrons. The molecule has 0 saturated carbocycles. The van der Waals surface area contributed by atoms with Gasteiger partial charge in [0.2, 0.25) is 0 Å². The van der Waals surface area contributed by atoms with E-state index in [1.165, 1.54) is 0 Å². The van der Waals surface area contributed by atoms with Crippen molar-refractivity contribution in [2.75, 3.05) is 26.3 Å². The Labute approximate surface area is 124 Å². The van der Waals surface area contributed by atoms with Crippen molar-refractivity contribution in [1.29, 1.82) is 5.26 Å². The number of nitriles is 1. The molecule has 20 heavy (non-hydrogen) atoms. The number of rotatable bonds is 4. The lowest BCUT2D eigenvalue weighted by atomic mass is 10.2. The molecule has 1 fully saturated rings.